The number of nitrogens with zero attached hydrogens (tertiary/aromatic N) is 6. The fourth-order valence-corrected chi connectivity index (χ4v) is 7.31. The molecule has 4 unspecified atom stereocenters. The Morgan fingerprint density at radius 3 is 2.65 bits per heavy atom. The van der Waals surface area contributed by atoms with Gasteiger partial charge in [-0.05, 0) is 6.07 Å². The third-order valence-corrected chi connectivity index (χ3v) is 9.26. The summed E-state index contributed by atoms with van der Waals surface area (Å²) in [5.74, 6) is -0.263. The molecular formula is C22H26N9O13P2+. The highest BCUT2D eigenvalue weighted by atomic mass is 31.2. The summed E-state index contributed by atoms with van der Waals surface area (Å²) in [6.07, 6.45) is -5.46. The minimum atomic E-state index is -5.15. The zero-order valence-corrected chi connectivity index (χ0v) is 25.0. The zero-order valence-electron chi connectivity index (χ0n) is 23.2. The number of nitrogens with two attached hydrogens (primary N) is 2. The number of nitrogen functional groups attached to an aromatic ring is 2. The SMILES string of the molecule is Nc1nc2c(ncn2[C@@H]2O[C@H](CO)[C@H](O)C2OP(=O)(O)OC[C@@]23COC([C@H](n4cnc5c(N)ccnc54)O2)[C@H]3O[P+](=O)O)c(=O)[nH]1. The van der Waals surface area contributed by atoms with Gasteiger partial charge in [-0.3, -0.25) is 28.0 Å². The van der Waals surface area contributed by atoms with E-state index in [1.807, 2.05) is 0 Å². The minimum Gasteiger partial charge on any atom is -0.397 e. The Bertz CT molecular complexity index is 1940. The number of aliphatic hydroxyl groups is 2. The van der Waals surface area contributed by atoms with Gasteiger partial charge in [-0.1, -0.05) is 0 Å². The van der Waals surface area contributed by atoms with Gasteiger partial charge in [-0.2, -0.15) is 4.98 Å². The molecule has 246 valence electrons. The van der Waals surface area contributed by atoms with Crippen LogP contribution in [0.3, 0.4) is 0 Å². The average molecular weight is 686 g/mol. The molecule has 9 N–H and O–H groups in total. The maximum atomic E-state index is 13.4. The van der Waals surface area contributed by atoms with E-state index in [-0.39, 0.29) is 23.7 Å². The van der Waals surface area contributed by atoms with Crippen molar-refractivity contribution in [2.24, 2.45) is 0 Å². The molecule has 0 aliphatic carbocycles. The zero-order chi connectivity index (χ0) is 32.5. The first kappa shape index (κ1) is 31.1. The second-order valence-electron chi connectivity index (χ2n) is 10.7. The van der Waals surface area contributed by atoms with Gasteiger partial charge in [-0.25, -0.2) is 19.5 Å². The molecule has 22 nitrogen and oxygen atoms in total. The van der Waals surface area contributed by atoms with Gasteiger partial charge in [-0.15, -0.1) is 9.42 Å². The van der Waals surface area contributed by atoms with Crippen LogP contribution in [-0.4, -0.2) is 110 Å². The highest BCUT2D eigenvalue weighted by molar-refractivity contribution is 7.47. The standard InChI is InChI=1S/C22H25N9O13P2/c23-8-1-2-25-16-10(8)26-6-30(16)20-14-15(43-45(35)36)22(42-20,4-39-14)5-40-46(37,38)44-13-12(33)9(3-32)41-19(13)31-7-27-11-17(31)28-21(24)29-18(11)34/h1-2,6-7,9,12-15,19-20,32-33H,3-5H2,(H6-,23,24,25,28,29,34,35,36,37,38)/p+1/t9-,12+,13?,14?,15-,19-,20-,22-/m1/s1. The van der Waals surface area contributed by atoms with Crippen LogP contribution in [0.5, 0.6) is 0 Å². The Morgan fingerprint density at radius 2 is 1.91 bits per heavy atom. The van der Waals surface area contributed by atoms with Crippen LogP contribution in [0.15, 0.2) is 29.7 Å². The number of aliphatic hydroxyl groups excluding tert-OH is 2. The summed E-state index contributed by atoms with van der Waals surface area (Å²) in [4.78, 5) is 51.5. The smallest absolute Gasteiger partial charge is 0.397 e. The Kier molecular flexibility index (Phi) is 7.67. The Balaban J connectivity index is 1.14. The lowest BCUT2D eigenvalue weighted by atomic mass is 10.0. The van der Waals surface area contributed by atoms with Crippen molar-refractivity contribution in [3.8, 4) is 0 Å². The summed E-state index contributed by atoms with van der Waals surface area (Å²) in [5.41, 5.74) is 10.0. The monoisotopic (exact) mass is 686 g/mol. The molecule has 3 fully saturated rings. The molecule has 0 saturated carbocycles. The number of H-pyrrole nitrogens is 1. The lowest BCUT2D eigenvalue weighted by molar-refractivity contribution is -0.184. The lowest BCUT2D eigenvalue weighted by Crippen LogP contribution is -2.45. The molecule has 7 rings (SSSR count). The van der Waals surface area contributed by atoms with E-state index in [1.54, 1.807) is 6.07 Å². The first-order chi connectivity index (χ1) is 21.9. The van der Waals surface area contributed by atoms with Crippen molar-refractivity contribution in [1.29, 1.82) is 0 Å². The van der Waals surface area contributed by atoms with Crippen molar-refractivity contribution in [3.05, 3.63) is 35.3 Å². The van der Waals surface area contributed by atoms with Crippen LogP contribution in [-0.2, 0) is 36.9 Å². The second kappa shape index (κ2) is 11.3. The van der Waals surface area contributed by atoms with Gasteiger partial charge < -0.3 is 40.8 Å². The summed E-state index contributed by atoms with van der Waals surface area (Å²) in [6.45, 7) is -1.75. The molecule has 0 spiro atoms. The van der Waals surface area contributed by atoms with Gasteiger partial charge in [0, 0.05) is 10.8 Å². The molecule has 3 aliphatic rings. The average Bonchev–Trinajstić information content (AvgIpc) is 3.81. The molecule has 0 amide bonds. The number of ether oxygens (including phenoxy) is 3. The molecule has 2 bridgehead atoms. The van der Waals surface area contributed by atoms with E-state index in [0.29, 0.717) is 16.9 Å². The van der Waals surface area contributed by atoms with Gasteiger partial charge in [0.05, 0.1) is 38.2 Å². The predicted octanol–water partition coefficient (Wildman–Crippen LogP) is -1.82. The third-order valence-electron chi connectivity index (χ3n) is 7.89. The van der Waals surface area contributed by atoms with E-state index in [4.69, 9.17) is 39.2 Å². The van der Waals surface area contributed by atoms with E-state index in [9.17, 15) is 33.9 Å². The second-order valence-corrected chi connectivity index (χ2v) is 12.8. The molecule has 46 heavy (non-hydrogen) atoms. The van der Waals surface area contributed by atoms with Crippen molar-refractivity contribution < 1.29 is 56.9 Å². The number of fused-ring (bicyclic) bond motifs is 4. The van der Waals surface area contributed by atoms with Crippen LogP contribution in [0, 0.1) is 0 Å². The van der Waals surface area contributed by atoms with Crippen molar-refractivity contribution in [2.75, 3.05) is 31.3 Å². The van der Waals surface area contributed by atoms with E-state index in [2.05, 4.69) is 24.9 Å². The number of pyridine rings is 1. The number of nitrogens with one attached hydrogen (secondary N) is 1. The fraction of sp³-hybridized carbons (Fsp3) is 0.500. The van der Waals surface area contributed by atoms with E-state index in [0.717, 1.165) is 10.9 Å². The van der Waals surface area contributed by atoms with Crippen molar-refractivity contribution in [2.45, 2.75) is 48.6 Å². The largest absolute Gasteiger partial charge is 0.695 e. The first-order valence-electron chi connectivity index (χ1n) is 13.4. The van der Waals surface area contributed by atoms with Gasteiger partial charge >= 0.3 is 16.1 Å². The topological polar surface area (TPSA) is 317 Å². The summed E-state index contributed by atoms with van der Waals surface area (Å²) in [5, 5.41) is 20.6. The van der Waals surface area contributed by atoms with Crippen LogP contribution < -0.4 is 17.0 Å². The molecule has 3 aliphatic heterocycles. The molecule has 0 aromatic carbocycles. The van der Waals surface area contributed by atoms with Crippen molar-refractivity contribution in [1.82, 2.24) is 34.1 Å². The quantitative estimate of drug-likeness (QED) is 0.0903. The maximum absolute atomic E-state index is 13.4. The molecule has 4 aromatic heterocycles. The van der Waals surface area contributed by atoms with Crippen LogP contribution in [0.4, 0.5) is 11.6 Å². The minimum absolute atomic E-state index is 0.0980. The number of hydrogen-bond donors (Lipinski definition) is 7. The maximum Gasteiger partial charge on any atom is 0.695 e. The van der Waals surface area contributed by atoms with Crippen LogP contribution >= 0.6 is 16.1 Å². The fourth-order valence-electron chi connectivity index (χ4n) is 5.82. The van der Waals surface area contributed by atoms with Gasteiger partial charge in [0.15, 0.2) is 41.0 Å². The number of imidazole rings is 2. The summed E-state index contributed by atoms with van der Waals surface area (Å²) in [7, 11) is -8.35. The van der Waals surface area contributed by atoms with Crippen LogP contribution in [0.2, 0.25) is 0 Å². The van der Waals surface area contributed by atoms with Gasteiger partial charge in [0.1, 0.15) is 29.9 Å². The molecule has 0 radical (unpaired) electrons. The molecule has 3 saturated heterocycles. The van der Waals surface area contributed by atoms with Crippen molar-refractivity contribution in [3.63, 3.8) is 0 Å². The third kappa shape index (κ3) is 5.08. The normalized spacial score (nSPS) is 32.4. The Hall–Kier alpha value is -3.50. The number of rotatable bonds is 10. The van der Waals surface area contributed by atoms with E-state index in [1.165, 1.54) is 17.1 Å². The molecule has 7 heterocycles. The number of aromatic amines is 1. The highest BCUT2D eigenvalue weighted by Crippen LogP contribution is 2.54. The predicted molar refractivity (Wildman–Crippen MR) is 149 cm³/mol. The number of hydrogen-bond acceptors (Lipinski definition) is 17. The van der Waals surface area contributed by atoms with Crippen LogP contribution in [0.25, 0.3) is 22.3 Å². The Labute approximate surface area is 256 Å². The Morgan fingerprint density at radius 1 is 1.17 bits per heavy atom. The number of phosphoric acid groups is 1. The summed E-state index contributed by atoms with van der Waals surface area (Å²) < 4.78 is 61.3. The summed E-state index contributed by atoms with van der Waals surface area (Å²) >= 11 is 0. The number of aromatic nitrogens is 7. The van der Waals surface area contributed by atoms with Crippen molar-refractivity contribution >= 4 is 50.0 Å². The highest BCUT2D eigenvalue weighted by Gasteiger charge is 2.67. The van der Waals surface area contributed by atoms with E-state index < -0.39 is 83.4 Å². The lowest BCUT2D eigenvalue weighted by Gasteiger charge is -2.31. The molecule has 24 heteroatoms. The molecule has 4 aromatic rings. The van der Waals surface area contributed by atoms with Gasteiger partial charge in [0.2, 0.25) is 5.95 Å². The summed E-state index contributed by atoms with van der Waals surface area (Å²) in [6, 6.07) is 1.55. The number of anilines is 2. The molecular weight excluding hydrogens is 660 g/mol. The van der Waals surface area contributed by atoms with Gasteiger partial charge in [0.25, 0.3) is 5.56 Å². The van der Waals surface area contributed by atoms with E-state index >= 15 is 0 Å². The number of phosphoric ester groups is 1. The molecule has 10 atom stereocenters. The van der Waals surface area contributed by atoms with Crippen LogP contribution in [0.1, 0.15) is 12.5 Å². The first-order valence-corrected chi connectivity index (χ1v) is 16.1.